The molecule has 1 heterocycles. The van der Waals surface area contributed by atoms with Crippen LogP contribution in [-0.2, 0) is 0 Å². The summed E-state index contributed by atoms with van der Waals surface area (Å²) in [5.74, 6) is 0. The van der Waals surface area contributed by atoms with Gasteiger partial charge in [0, 0.05) is 0 Å². The Hall–Kier alpha value is -0.301. The van der Waals surface area contributed by atoms with E-state index in [4.69, 9.17) is 0 Å². The van der Waals surface area contributed by atoms with Gasteiger partial charge in [0.2, 0.25) is 0 Å². The molecule has 0 aliphatic carbocycles. The van der Waals surface area contributed by atoms with Crippen molar-refractivity contribution in [1.82, 2.24) is 0 Å². The summed E-state index contributed by atoms with van der Waals surface area (Å²) in [7, 11) is 0. The van der Waals surface area contributed by atoms with E-state index in [1.165, 1.54) is 5.56 Å². The fourth-order valence-corrected chi connectivity index (χ4v) is 5.76. The van der Waals surface area contributed by atoms with Gasteiger partial charge in [-0.2, -0.15) is 0 Å². The monoisotopic (exact) mass is 270 g/mol. The normalized spacial score (nSPS) is 30.1. The van der Waals surface area contributed by atoms with E-state index < -0.39 is 0 Å². The fourth-order valence-electron chi connectivity index (χ4n) is 2.25. The third kappa shape index (κ3) is 2.84. The minimum atomic E-state index is -0.110. The first kappa shape index (κ1) is 11.2. The second-order valence-electron chi connectivity index (χ2n) is 4.87. The first-order chi connectivity index (χ1) is 7.07. The quantitative estimate of drug-likeness (QED) is 0.777. The van der Waals surface area contributed by atoms with E-state index in [-0.39, 0.29) is 6.10 Å². The molecule has 2 atom stereocenters. The maximum absolute atomic E-state index is 9.89. The number of aliphatic hydroxyl groups is 1. The molecular formula is C13H18OSe. The molecule has 0 aromatic heterocycles. The summed E-state index contributed by atoms with van der Waals surface area (Å²) in [6, 6.07) is 10.6. The van der Waals surface area contributed by atoms with Gasteiger partial charge in [0.15, 0.2) is 0 Å². The van der Waals surface area contributed by atoms with Crippen LogP contribution < -0.4 is 0 Å². The van der Waals surface area contributed by atoms with Gasteiger partial charge >= 0.3 is 97.9 Å². The summed E-state index contributed by atoms with van der Waals surface area (Å²) in [4.78, 5) is 0.595. The predicted octanol–water partition coefficient (Wildman–Crippen LogP) is 2.79. The number of rotatable bonds is 1. The molecule has 0 amide bonds. The zero-order valence-corrected chi connectivity index (χ0v) is 11.0. The topological polar surface area (TPSA) is 20.2 Å². The standard InChI is InChI=1S/C13H18OSe/c1-13(2)9-11(14)8-12(15-13)10-6-4-3-5-7-10/h3-7,11-12,14H,8-9H2,1-2H3/t11-,12-/m1/s1. The van der Waals surface area contributed by atoms with Gasteiger partial charge in [-0.15, -0.1) is 0 Å². The molecule has 15 heavy (non-hydrogen) atoms. The van der Waals surface area contributed by atoms with Crippen LogP contribution in [0.15, 0.2) is 30.3 Å². The third-order valence-electron chi connectivity index (χ3n) is 2.85. The first-order valence-corrected chi connectivity index (χ1v) is 7.32. The average molecular weight is 269 g/mol. The fraction of sp³-hybridized carbons (Fsp3) is 0.538. The number of hydrogen-bond donors (Lipinski definition) is 1. The molecule has 1 aliphatic rings. The molecule has 1 nitrogen and oxygen atoms in total. The summed E-state index contributed by atoms with van der Waals surface area (Å²) in [5.41, 5.74) is 1.41. The number of hydrogen-bond acceptors (Lipinski definition) is 1. The minimum absolute atomic E-state index is 0.110. The first-order valence-electron chi connectivity index (χ1n) is 5.48. The van der Waals surface area contributed by atoms with Crippen LogP contribution in [-0.4, -0.2) is 26.2 Å². The molecule has 1 aromatic carbocycles. The molecule has 1 saturated heterocycles. The van der Waals surface area contributed by atoms with Gasteiger partial charge in [0.1, 0.15) is 0 Å². The summed E-state index contributed by atoms with van der Waals surface area (Å²) < 4.78 is 0.338. The Kier molecular flexibility index (Phi) is 3.20. The van der Waals surface area contributed by atoms with Crippen LogP contribution in [0.3, 0.4) is 0 Å². The summed E-state index contributed by atoms with van der Waals surface area (Å²) in [5, 5.41) is 9.89. The zero-order chi connectivity index (χ0) is 10.9. The van der Waals surface area contributed by atoms with Crippen LogP contribution in [0, 0.1) is 0 Å². The molecule has 0 unspecified atom stereocenters. The zero-order valence-electron chi connectivity index (χ0n) is 9.31. The molecule has 1 aromatic rings. The Labute approximate surface area is 98.1 Å². The van der Waals surface area contributed by atoms with E-state index in [2.05, 4.69) is 44.2 Å². The number of benzene rings is 1. The van der Waals surface area contributed by atoms with E-state index in [0.717, 1.165) is 12.8 Å². The molecule has 0 spiro atoms. The van der Waals surface area contributed by atoms with Crippen LogP contribution in [0.5, 0.6) is 0 Å². The van der Waals surface area contributed by atoms with Crippen LogP contribution in [0.1, 0.15) is 37.1 Å². The van der Waals surface area contributed by atoms with E-state index >= 15 is 0 Å². The van der Waals surface area contributed by atoms with Gasteiger partial charge in [-0.05, 0) is 0 Å². The molecule has 0 radical (unpaired) electrons. The second-order valence-corrected chi connectivity index (χ2v) is 8.88. The molecule has 2 rings (SSSR count). The Morgan fingerprint density at radius 1 is 1.27 bits per heavy atom. The van der Waals surface area contributed by atoms with Gasteiger partial charge in [-0.1, -0.05) is 0 Å². The molecule has 1 N–H and O–H groups in total. The molecule has 82 valence electrons. The van der Waals surface area contributed by atoms with Gasteiger partial charge in [-0.25, -0.2) is 0 Å². The summed E-state index contributed by atoms with van der Waals surface area (Å²) >= 11 is 0.591. The van der Waals surface area contributed by atoms with Crippen molar-refractivity contribution in [1.29, 1.82) is 0 Å². The SMILES string of the molecule is CC1(C)C[C@H](O)C[C@H](c2ccccc2)[Se]1. The molecule has 2 heteroatoms. The Bertz CT molecular complexity index is 321. The van der Waals surface area contributed by atoms with Gasteiger partial charge in [0.25, 0.3) is 0 Å². The van der Waals surface area contributed by atoms with Crippen molar-refractivity contribution in [2.45, 2.75) is 41.9 Å². The van der Waals surface area contributed by atoms with Crippen molar-refractivity contribution in [2.24, 2.45) is 0 Å². The van der Waals surface area contributed by atoms with Crippen molar-refractivity contribution in [2.75, 3.05) is 0 Å². The van der Waals surface area contributed by atoms with Crippen LogP contribution in [0.4, 0.5) is 0 Å². The van der Waals surface area contributed by atoms with Crippen LogP contribution in [0.25, 0.3) is 0 Å². The average Bonchev–Trinajstić information content (AvgIpc) is 2.16. The van der Waals surface area contributed by atoms with E-state index in [1.54, 1.807) is 0 Å². The third-order valence-corrected chi connectivity index (χ3v) is 6.11. The second kappa shape index (κ2) is 4.29. The van der Waals surface area contributed by atoms with Gasteiger partial charge < -0.3 is 0 Å². The van der Waals surface area contributed by atoms with Crippen molar-refractivity contribution >= 4 is 15.0 Å². The Morgan fingerprint density at radius 2 is 1.93 bits per heavy atom. The summed E-state index contributed by atoms with van der Waals surface area (Å²) in [6.07, 6.45) is 1.81. The molecule has 1 fully saturated rings. The van der Waals surface area contributed by atoms with Crippen molar-refractivity contribution in [3.8, 4) is 0 Å². The molecular weight excluding hydrogens is 251 g/mol. The Balaban J connectivity index is 2.17. The van der Waals surface area contributed by atoms with E-state index in [9.17, 15) is 5.11 Å². The van der Waals surface area contributed by atoms with E-state index in [0.29, 0.717) is 24.1 Å². The summed E-state index contributed by atoms with van der Waals surface area (Å²) in [6.45, 7) is 4.57. The molecule has 1 aliphatic heterocycles. The van der Waals surface area contributed by atoms with Gasteiger partial charge in [0.05, 0.1) is 0 Å². The van der Waals surface area contributed by atoms with Gasteiger partial charge in [-0.3, -0.25) is 0 Å². The molecule has 0 bridgehead atoms. The van der Waals surface area contributed by atoms with Crippen molar-refractivity contribution in [3.63, 3.8) is 0 Å². The molecule has 0 saturated carbocycles. The Morgan fingerprint density at radius 3 is 2.53 bits per heavy atom. The maximum atomic E-state index is 9.89. The van der Waals surface area contributed by atoms with Crippen LogP contribution >= 0.6 is 0 Å². The van der Waals surface area contributed by atoms with E-state index in [1.807, 2.05) is 0 Å². The van der Waals surface area contributed by atoms with Crippen molar-refractivity contribution < 1.29 is 5.11 Å². The predicted molar refractivity (Wildman–Crippen MR) is 64.2 cm³/mol. The van der Waals surface area contributed by atoms with Crippen molar-refractivity contribution in [3.05, 3.63) is 35.9 Å². The van der Waals surface area contributed by atoms with Crippen LogP contribution in [0.2, 0.25) is 4.31 Å². The number of aliphatic hydroxyl groups excluding tert-OH is 1.